The Bertz CT molecular complexity index is 1250. The van der Waals surface area contributed by atoms with Crippen molar-refractivity contribution in [2.45, 2.75) is 18.5 Å². The fourth-order valence-electron chi connectivity index (χ4n) is 4.05. The summed E-state index contributed by atoms with van der Waals surface area (Å²) in [6, 6.07) is 13.8. The molecule has 2 aromatic carbocycles. The Kier molecular flexibility index (Phi) is 8.14. The van der Waals surface area contributed by atoms with E-state index < -0.39 is 11.7 Å². The van der Waals surface area contributed by atoms with Crippen LogP contribution in [0.4, 0.5) is 20.6 Å². The quantitative estimate of drug-likeness (QED) is 0.486. The van der Waals surface area contributed by atoms with E-state index in [4.69, 9.17) is 4.74 Å². The van der Waals surface area contributed by atoms with Crippen molar-refractivity contribution in [1.82, 2.24) is 19.6 Å². The molecule has 1 saturated heterocycles. The van der Waals surface area contributed by atoms with E-state index >= 15 is 0 Å². The first-order valence-electron chi connectivity index (χ1n) is 11.8. The molecule has 2 atom stereocenters. The summed E-state index contributed by atoms with van der Waals surface area (Å²) in [4.78, 5) is 40.6. The molecule has 37 heavy (non-hydrogen) atoms. The maximum absolute atomic E-state index is 13.5. The van der Waals surface area contributed by atoms with Crippen LogP contribution in [0, 0.1) is 5.82 Å². The summed E-state index contributed by atoms with van der Waals surface area (Å²) in [6.45, 7) is 0.455. The van der Waals surface area contributed by atoms with Gasteiger partial charge in [-0.15, -0.1) is 0 Å². The average Bonchev–Trinajstić information content (AvgIpc) is 3.52. The topological polar surface area (TPSA) is 109 Å². The van der Waals surface area contributed by atoms with Crippen LogP contribution in [0.5, 0.6) is 0 Å². The Hall–Kier alpha value is -4.25. The minimum atomic E-state index is -0.497. The zero-order valence-electron chi connectivity index (χ0n) is 20.6. The van der Waals surface area contributed by atoms with Crippen molar-refractivity contribution >= 4 is 29.2 Å². The van der Waals surface area contributed by atoms with Crippen molar-refractivity contribution in [3.8, 4) is 0 Å². The van der Waals surface area contributed by atoms with E-state index in [2.05, 4.69) is 15.7 Å². The van der Waals surface area contributed by atoms with Crippen molar-refractivity contribution in [1.29, 1.82) is 0 Å². The van der Waals surface area contributed by atoms with Crippen LogP contribution in [0.2, 0.25) is 0 Å². The Morgan fingerprint density at radius 3 is 2.59 bits per heavy atom. The highest BCUT2D eigenvalue weighted by Crippen LogP contribution is 2.29. The van der Waals surface area contributed by atoms with Gasteiger partial charge in [0.05, 0.1) is 30.6 Å². The summed E-state index contributed by atoms with van der Waals surface area (Å²) in [6.07, 6.45) is 3.72. The molecule has 1 fully saturated rings. The molecule has 4 rings (SSSR count). The number of para-hydroxylation sites is 1. The van der Waals surface area contributed by atoms with Gasteiger partial charge in [-0.05, 0) is 36.8 Å². The van der Waals surface area contributed by atoms with Gasteiger partial charge in [0.15, 0.2) is 0 Å². The van der Waals surface area contributed by atoms with E-state index in [0.717, 1.165) is 6.07 Å². The third-order valence-electron chi connectivity index (χ3n) is 6.03. The van der Waals surface area contributed by atoms with Crippen molar-refractivity contribution in [3.05, 3.63) is 78.4 Å². The fourth-order valence-corrected chi connectivity index (χ4v) is 4.05. The molecular weight excluding hydrogens is 479 g/mol. The normalized spacial score (nSPS) is 16.9. The lowest BCUT2D eigenvalue weighted by atomic mass is 10.2. The van der Waals surface area contributed by atoms with Gasteiger partial charge in [-0.2, -0.15) is 5.10 Å². The number of likely N-dealkylation sites (N-methyl/N-ethyl adjacent to an activating group) is 1. The van der Waals surface area contributed by atoms with Crippen molar-refractivity contribution in [2.24, 2.45) is 0 Å². The number of carbonyl (C=O) groups excluding carboxylic acids is 3. The molecular formula is C26H29FN6O4. The summed E-state index contributed by atoms with van der Waals surface area (Å²) in [5.41, 5.74) is 1.31. The first kappa shape index (κ1) is 25.8. The van der Waals surface area contributed by atoms with E-state index in [1.807, 2.05) is 18.2 Å². The highest BCUT2D eigenvalue weighted by atomic mass is 19.1. The monoisotopic (exact) mass is 508 g/mol. The number of urea groups is 1. The van der Waals surface area contributed by atoms with Gasteiger partial charge in [-0.25, -0.2) is 9.18 Å². The van der Waals surface area contributed by atoms with Gasteiger partial charge in [-0.3, -0.25) is 14.3 Å². The molecule has 11 heteroatoms. The Balaban J connectivity index is 1.44. The Labute approximate surface area is 214 Å². The van der Waals surface area contributed by atoms with Crippen LogP contribution in [-0.4, -0.2) is 77.3 Å². The van der Waals surface area contributed by atoms with E-state index in [0.29, 0.717) is 24.3 Å². The average molecular weight is 509 g/mol. The standard InChI is InChI=1S/C26H29FN6O4/c1-31(2)24(34)17-37-16-23-12-22(15-32(23)26(36)30-20-9-4-3-5-10-20)33-14-21(13-28-33)29-25(35)18-7-6-8-19(27)11-18/h3-11,13-14,22-23H,12,15-17H2,1-2H3,(H,29,35)(H,30,36)/t22-,23-/m0/s1. The number of anilines is 2. The van der Waals surface area contributed by atoms with Gasteiger partial charge in [-0.1, -0.05) is 24.3 Å². The zero-order chi connectivity index (χ0) is 26.4. The van der Waals surface area contributed by atoms with E-state index in [1.165, 1.54) is 29.3 Å². The number of nitrogens with one attached hydrogen (secondary N) is 2. The van der Waals surface area contributed by atoms with Crippen molar-refractivity contribution < 1.29 is 23.5 Å². The fraction of sp³-hybridized carbons (Fsp3) is 0.308. The van der Waals surface area contributed by atoms with Crippen LogP contribution >= 0.6 is 0 Å². The molecule has 2 heterocycles. The van der Waals surface area contributed by atoms with Crippen LogP contribution in [0.1, 0.15) is 22.8 Å². The highest BCUT2D eigenvalue weighted by molar-refractivity contribution is 6.04. The van der Waals surface area contributed by atoms with Gasteiger partial charge < -0.3 is 25.2 Å². The lowest BCUT2D eigenvalue weighted by molar-refractivity contribution is -0.133. The van der Waals surface area contributed by atoms with Crippen LogP contribution in [-0.2, 0) is 9.53 Å². The van der Waals surface area contributed by atoms with Crippen molar-refractivity contribution in [2.75, 3.05) is 44.5 Å². The van der Waals surface area contributed by atoms with Crippen LogP contribution in [0.25, 0.3) is 0 Å². The highest BCUT2D eigenvalue weighted by Gasteiger charge is 2.37. The lowest BCUT2D eigenvalue weighted by Gasteiger charge is -2.24. The summed E-state index contributed by atoms with van der Waals surface area (Å²) < 4.78 is 20.8. The molecule has 0 unspecified atom stereocenters. The molecule has 0 saturated carbocycles. The molecule has 1 aromatic heterocycles. The predicted molar refractivity (Wildman–Crippen MR) is 136 cm³/mol. The molecule has 0 aliphatic carbocycles. The molecule has 1 aliphatic heterocycles. The smallest absolute Gasteiger partial charge is 0.322 e. The number of ether oxygens (including phenoxy) is 1. The van der Waals surface area contributed by atoms with Gasteiger partial charge in [0.2, 0.25) is 5.91 Å². The number of aromatic nitrogens is 2. The number of nitrogens with zero attached hydrogens (tertiary/aromatic N) is 4. The van der Waals surface area contributed by atoms with Crippen LogP contribution in [0.15, 0.2) is 67.0 Å². The number of benzene rings is 2. The third-order valence-corrected chi connectivity index (χ3v) is 6.03. The second-order valence-electron chi connectivity index (χ2n) is 8.97. The number of hydrogen-bond acceptors (Lipinski definition) is 5. The first-order chi connectivity index (χ1) is 17.8. The largest absolute Gasteiger partial charge is 0.369 e. The van der Waals surface area contributed by atoms with E-state index in [1.54, 1.807) is 42.0 Å². The van der Waals surface area contributed by atoms with E-state index in [-0.39, 0.29) is 42.8 Å². The predicted octanol–water partition coefficient (Wildman–Crippen LogP) is 3.23. The summed E-state index contributed by atoms with van der Waals surface area (Å²) in [5, 5.41) is 9.99. The number of halogens is 1. The SMILES string of the molecule is CN(C)C(=O)COC[C@@H]1C[C@H](n2cc(NC(=O)c3cccc(F)c3)cn2)CN1C(=O)Nc1ccccc1. The second-order valence-corrected chi connectivity index (χ2v) is 8.97. The Morgan fingerprint density at radius 2 is 1.86 bits per heavy atom. The van der Waals surface area contributed by atoms with Crippen molar-refractivity contribution in [3.63, 3.8) is 0 Å². The van der Waals surface area contributed by atoms with E-state index in [9.17, 15) is 18.8 Å². The summed E-state index contributed by atoms with van der Waals surface area (Å²) in [7, 11) is 3.30. The molecule has 10 nitrogen and oxygen atoms in total. The number of carbonyl (C=O) groups is 3. The third kappa shape index (κ3) is 6.70. The maximum atomic E-state index is 13.5. The molecule has 194 valence electrons. The lowest BCUT2D eigenvalue weighted by Crippen LogP contribution is -2.41. The van der Waals surface area contributed by atoms with Gasteiger partial charge >= 0.3 is 6.03 Å². The number of hydrogen-bond donors (Lipinski definition) is 2. The maximum Gasteiger partial charge on any atom is 0.322 e. The van der Waals surface area contributed by atoms with Gasteiger partial charge in [0.1, 0.15) is 12.4 Å². The summed E-state index contributed by atoms with van der Waals surface area (Å²) in [5.74, 6) is -1.12. The second kappa shape index (κ2) is 11.7. The molecule has 1 aliphatic rings. The Morgan fingerprint density at radius 1 is 1.08 bits per heavy atom. The molecule has 3 aromatic rings. The van der Waals surface area contributed by atoms with Gasteiger partial charge in [0.25, 0.3) is 5.91 Å². The molecule has 2 N–H and O–H groups in total. The first-order valence-corrected chi connectivity index (χ1v) is 11.8. The molecule has 0 bridgehead atoms. The minimum Gasteiger partial charge on any atom is -0.369 e. The van der Waals surface area contributed by atoms with Gasteiger partial charge in [0, 0.05) is 38.1 Å². The zero-order valence-corrected chi connectivity index (χ0v) is 20.6. The number of rotatable bonds is 8. The van der Waals surface area contributed by atoms with Crippen LogP contribution < -0.4 is 10.6 Å². The minimum absolute atomic E-state index is 0.0830. The van der Waals surface area contributed by atoms with Crippen LogP contribution in [0.3, 0.4) is 0 Å². The summed E-state index contributed by atoms with van der Waals surface area (Å²) >= 11 is 0. The molecule has 4 amide bonds. The number of amides is 4. The number of likely N-dealkylation sites (tertiary alicyclic amines) is 1. The molecule has 0 radical (unpaired) electrons. The molecule has 0 spiro atoms.